The number of hydrogen-bond acceptors (Lipinski definition) is 5. The quantitative estimate of drug-likeness (QED) is 0.659. The molecule has 0 bridgehead atoms. The normalized spacial score (nSPS) is 28.9. The van der Waals surface area contributed by atoms with Crippen LogP contribution in [0.4, 0.5) is 0 Å². The number of benzene rings is 1. The van der Waals surface area contributed by atoms with E-state index in [-0.39, 0.29) is 0 Å². The van der Waals surface area contributed by atoms with Crippen molar-refractivity contribution < 1.29 is 5.11 Å². The van der Waals surface area contributed by atoms with Crippen LogP contribution < -0.4 is 0 Å². The van der Waals surface area contributed by atoms with Gasteiger partial charge in [0.25, 0.3) is 0 Å². The van der Waals surface area contributed by atoms with Gasteiger partial charge in [0.2, 0.25) is 0 Å². The molecule has 26 heavy (non-hydrogen) atoms. The largest absolute Gasteiger partial charge is 0.385 e. The monoisotopic (exact) mass is 369 g/mol. The van der Waals surface area contributed by atoms with E-state index in [1.807, 2.05) is 18.6 Å². The van der Waals surface area contributed by atoms with Crippen molar-refractivity contribution in [3.05, 3.63) is 53.3 Å². The van der Waals surface area contributed by atoms with Gasteiger partial charge in [-0.2, -0.15) is 0 Å². The highest BCUT2D eigenvalue weighted by atomic mass is 32.2. The second-order valence-electron chi connectivity index (χ2n) is 7.82. The highest BCUT2D eigenvalue weighted by Gasteiger charge is 2.49. The molecule has 1 aromatic heterocycles. The standard InChI is InChI=1S/C21H27N3OS/c1-15-5-7-18(8-6-15)21(25)9-3-4-17-13-24(14-19(17)21)12-16-10-22-20(26-2)23-11-16/h5-8,10-11,17,19,25H,3-4,9,12-14H2,1-2H3/t17-,19+,21-/m1/s1. The first-order chi connectivity index (χ1) is 12.6. The number of thioether (sulfide) groups is 1. The molecule has 0 spiro atoms. The lowest BCUT2D eigenvalue weighted by atomic mass is 9.67. The Labute approximate surface area is 160 Å². The number of hydrogen-bond donors (Lipinski definition) is 1. The molecule has 2 fully saturated rings. The van der Waals surface area contributed by atoms with Gasteiger partial charge < -0.3 is 5.11 Å². The predicted octanol–water partition coefficient (Wildman–Crippen LogP) is 3.63. The Hall–Kier alpha value is -1.43. The van der Waals surface area contributed by atoms with E-state index in [4.69, 9.17) is 0 Å². The number of aromatic nitrogens is 2. The van der Waals surface area contributed by atoms with E-state index in [0.717, 1.165) is 48.8 Å². The van der Waals surface area contributed by atoms with Crippen LogP contribution in [0.5, 0.6) is 0 Å². The number of likely N-dealkylation sites (tertiary alicyclic amines) is 1. The molecule has 3 atom stereocenters. The minimum Gasteiger partial charge on any atom is -0.385 e. The molecule has 1 saturated carbocycles. The summed E-state index contributed by atoms with van der Waals surface area (Å²) in [5.74, 6) is 0.881. The Morgan fingerprint density at radius 1 is 1.19 bits per heavy atom. The van der Waals surface area contributed by atoms with Crippen LogP contribution in [-0.2, 0) is 12.1 Å². The fraction of sp³-hybridized carbons (Fsp3) is 0.524. The van der Waals surface area contributed by atoms with Crippen molar-refractivity contribution in [2.75, 3.05) is 19.3 Å². The number of aryl methyl sites for hydroxylation is 1. The second-order valence-corrected chi connectivity index (χ2v) is 8.59. The van der Waals surface area contributed by atoms with Crippen molar-refractivity contribution >= 4 is 11.8 Å². The molecule has 2 aromatic rings. The number of fused-ring (bicyclic) bond motifs is 1. The van der Waals surface area contributed by atoms with E-state index >= 15 is 0 Å². The van der Waals surface area contributed by atoms with Crippen molar-refractivity contribution in [3.8, 4) is 0 Å². The van der Waals surface area contributed by atoms with Gasteiger partial charge in [-0.05, 0) is 43.9 Å². The third-order valence-electron chi connectivity index (χ3n) is 6.08. The fourth-order valence-electron chi connectivity index (χ4n) is 4.73. The Morgan fingerprint density at radius 3 is 2.62 bits per heavy atom. The molecule has 2 heterocycles. The summed E-state index contributed by atoms with van der Waals surface area (Å²) in [7, 11) is 0. The summed E-state index contributed by atoms with van der Waals surface area (Å²) in [4.78, 5) is 11.2. The molecule has 138 valence electrons. The summed E-state index contributed by atoms with van der Waals surface area (Å²) >= 11 is 1.57. The summed E-state index contributed by atoms with van der Waals surface area (Å²) in [5, 5.41) is 12.4. The second kappa shape index (κ2) is 7.29. The minimum atomic E-state index is -0.690. The molecule has 4 nitrogen and oxygen atoms in total. The summed E-state index contributed by atoms with van der Waals surface area (Å²) in [5.41, 5.74) is 2.80. The third kappa shape index (κ3) is 3.40. The summed E-state index contributed by atoms with van der Waals surface area (Å²) in [6.45, 7) is 4.97. The van der Waals surface area contributed by atoms with E-state index in [2.05, 4.69) is 46.1 Å². The highest BCUT2D eigenvalue weighted by Crippen LogP contribution is 2.48. The SMILES string of the molecule is CSc1ncc(CN2C[C@H]3CCC[C@@](O)(c4ccc(C)cc4)[C@H]3C2)cn1. The Balaban J connectivity index is 1.51. The van der Waals surface area contributed by atoms with Gasteiger partial charge in [-0.25, -0.2) is 9.97 Å². The number of nitrogens with zero attached hydrogens (tertiary/aromatic N) is 3. The first-order valence-corrected chi connectivity index (χ1v) is 10.7. The average molecular weight is 370 g/mol. The minimum absolute atomic E-state index is 0.311. The van der Waals surface area contributed by atoms with Crippen molar-refractivity contribution in [2.45, 2.75) is 43.5 Å². The Bertz CT molecular complexity index is 749. The first-order valence-electron chi connectivity index (χ1n) is 9.45. The maximum absolute atomic E-state index is 11.6. The van der Waals surface area contributed by atoms with Gasteiger partial charge >= 0.3 is 0 Å². The van der Waals surface area contributed by atoms with Gasteiger partial charge in [-0.1, -0.05) is 41.6 Å². The summed E-state index contributed by atoms with van der Waals surface area (Å²) < 4.78 is 0. The highest BCUT2D eigenvalue weighted by molar-refractivity contribution is 7.98. The maximum atomic E-state index is 11.6. The molecule has 0 radical (unpaired) electrons. The Morgan fingerprint density at radius 2 is 1.92 bits per heavy atom. The lowest BCUT2D eigenvalue weighted by Crippen LogP contribution is -2.42. The van der Waals surface area contributed by atoms with E-state index < -0.39 is 5.60 Å². The van der Waals surface area contributed by atoms with Crippen LogP contribution in [-0.4, -0.2) is 39.3 Å². The van der Waals surface area contributed by atoms with Crippen molar-refractivity contribution in [1.82, 2.24) is 14.9 Å². The molecule has 4 rings (SSSR count). The zero-order valence-electron chi connectivity index (χ0n) is 15.6. The molecule has 1 saturated heterocycles. The third-order valence-corrected chi connectivity index (χ3v) is 6.66. The molecular weight excluding hydrogens is 342 g/mol. The molecule has 1 aromatic carbocycles. The van der Waals surface area contributed by atoms with Crippen LogP contribution in [0, 0.1) is 18.8 Å². The Kier molecular flexibility index (Phi) is 5.04. The lowest BCUT2D eigenvalue weighted by molar-refractivity contribution is -0.0648. The molecule has 5 heteroatoms. The lowest BCUT2D eigenvalue weighted by Gasteiger charge is -2.41. The summed E-state index contributed by atoms with van der Waals surface area (Å²) in [6, 6.07) is 8.48. The molecular formula is C21H27N3OS. The van der Waals surface area contributed by atoms with Gasteiger partial charge in [0.1, 0.15) is 0 Å². The van der Waals surface area contributed by atoms with Gasteiger partial charge in [-0.3, -0.25) is 4.90 Å². The summed E-state index contributed by atoms with van der Waals surface area (Å²) in [6.07, 6.45) is 9.06. The van der Waals surface area contributed by atoms with Crippen molar-refractivity contribution in [2.24, 2.45) is 11.8 Å². The topological polar surface area (TPSA) is 49.2 Å². The van der Waals surface area contributed by atoms with Crippen LogP contribution in [0.2, 0.25) is 0 Å². The van der Waals surface area contributed by atoms with Crippen LogP contribution >= 0.6 is 11.8 Å². The molecule has 0 unspecified atom stereocenters. The fourth-order valence-corrected chi connectivity index (χ4v) is 5.05. The molecule has 2 aliphatic rings. The van der Waals surface area contributed by atoms with Gasteiger partial charge in [0.15, 0.2) is 5.16 Å². The molecule has 0 amide bonds. The maximum Gasteiger partial charge on any atom is 0.187 e. The van der Waals surface area contributed by atoms with Gasteiger partial charge in [0.05, 0.1) is 5.60 Å². The number of rotatable bonds is 4. The van der Waals surface area contributed by atoms with Crippen LogP contribution in [0.1, 0.15) is 36.0 Å². The first kappa shape index (κ1) is 18.0. The average Bonchev–Trinajstić information content (AvgIpc) is 3.07. The van der Waals surface area contributed by atoms with Crippen LogP contribution in [0.25, 0.3) is 0 Å². The van der Waals surface area contributed by atoms with E-state index in [9.17, 15) is 5.11 Å². The van der Waals surface area contributed by atoms with E-state index in [1.54, 1.807) is 11.8 Å². The van der Waals surface area contributed by atoms with Crippen molar-refractivity contribution in [3.63, 3.8) is 0 Å². The molecule has 1 aliphatic heterocycles. The van der Waals surface area contributed by atoms with Crippen molar-refractivity contribution in [1.29, 1.82) is 0 Å². The molecule has 1 N–H and O–H groups in total. The number of aliphatic hydroxyl groups is 1. The van der Waals surface area contributed by atoms with Crippen LogP contribution in [0.3, 0.4) is 0 Å². The zero-order chi connectivity index (χ0) is 18.1. The zero-order valence-corrected chi connectivity index (χ0v) is 16.4. The van der Waals surface area contributed by atoms with Gasteiger partial charge in [-0.15, -0.1) is 0 Å². The predicted molar refractivity (Wildman–Crippen MR) is 105 cm³/mol. The van der Waals surface area contributed by atoms with Gasteiger partial charge in [0, 0.05) is 43.5 Å². The van der Waals surface area contributed by atoms with E-state index in [0.29, 0.717) is 11.8 Å². The van der Waals surface area contributed by atoms with Crippen LogP contribution in [0.15, 0.2) is 41.8 Å². The smallest absolute Gasteiger partial charge is 0.187 e. The molecule has 1 aliphatic carbocycles. The van der Waals surface area contributed by atoms with E-state index in [1.165, 1.54) is 12.0 Å².